The van der Waals surface area contributed by atoms with E-state index in [1.54, 1.807) is 6.07 Å². The maximum Gasteiger partial charge on any atom is 0.194 e. The molecule has 1 aromatic carbocycles. The number of ether oxygens (including phenoxy) is 1. The molecular formula is C12H9F3N2OS. The summed E-state index contributed by atoms with van der Waals surface area (Å²) in [6.45, 7) is 0.241. The maximum absolute atomic E-state index is 13.2. The summed E-state index contributed by atoms with van der Waals surface area (Å²) in [4.78, 5) is 6.76. The van der Waals surface area contributed by atoms with Crippen molar-refractivity contribution in [2.75, 3.05) is 7.11 Å². The molecule has 0 aliphatic rings. The van der Waals surface area contributed by atoms with E-state index in [4.69, 9.17) is 17.0 Å². The minimum atomic E-state index is -1.52. The van der Waals surface area contributed by atoms with Crippen LogP contribution in [0.1, 0.15) is 5.69 Å². The Morgan fingerprint density at radius 2 is 1.84 bits per heavy atom. The lowest BCUT2D eigenvalue weighted by Crippen LogP contribution is -1.99. The van der Waals surface area contributed by atoms with Crippen LogP contribution in [0.25, 0.3) is 11.4 Å². The first kappa shape index (κ1) is 13.7. The molecular weight excluding hydrogens is 277 g/mol. The first-order valence-corrected chi connectivity index (χ1v) is 5.66. The number of H-pyrrole nitrogens is 1. The Balaban J connectivity index is 2.55. The van der Waals surface area contributed by atoms with Crippen LogP contribution in [0.4, 0.5) is 13.2 Å². The second-order valence-electron chi connectivity index (χ2n) is 3.78. The molecule has 100 valence electrons. The quantitative estimate of drug-likeness (QED) is 0.694. The van der Waals surface area contributed by atoms with Crippen molar-refractivity contribution in [3.05, 3.63) is 46.0 Å². The van der Waals surface area contributed by atoms with Crippen LogP contribution in [-0.4, -0.2) is 17.1 Å². The Morgan fingerprint density at radius 1 is 1.21 bits per heavy atom. The van der Waals surface area contributed by atoms with Crippen molar-refractivity contribution in [2.24, 2.45) is 0 Å². The van der Waals surface area contributed by atoms with Crippen molar-refractivity contribution in [3.8, 4) is 11.4 Å². The lowest BCUT2D eigenvalue weighted by atomic mass is 10.2. The molecule has 1 aromatic heterocycles. The maximum atomic E-state index is 13.2. The van der Waals surface area contributed by atoms with Crippen molar-refractivity contribution >= 4 is 12.2 Å². The first-order chi connectivity index (χ1) is 9.01. The predicted octanol–water partition coefficient (Wildman–Crippen LogP) is 3.37. The fraction of sp³-hybridized carbons (Fsp3) is 0.167. The number of nitrogens with one attached hydrogen (secondary N) is 1. The van der Waals surface area contributed by atoms with E-state index in [0.717, 1.165) is 12.1 Å². The Hall–Kier alpha value is -1.73. The molecule has 2 aromatic rings. The van der Waals surface area contributed by atoms with Gasteiger partial charge >= 0.3 is 0 Å². The second-order valence-corrected chi connectivity index (χ2v) is 4.20. The van der Waals surface area contributed by atoms with Gasteiger partial charge in [-0.1, -0.05) is 12.2 Å². The number of aromatic amines is 1. The number of hydrogen-bond acceptors (Lipinski definition) is 3. The molecule has 0 unspecified atom stereocenters. The van der Waals surface area contributed by atoms with E-state index in [0.29, 0.717) is 5.69 Å². The van der Waals surface area contributed by atoms with Gasteiger partial charge in [-0.05, 0) is 18.2 Å². The summed E-state index contributed by atoms with van der Waals surface area (Å²) in [5, 5.41) is 0. The summed E-state index contributed by atoms with van der Waals surface area (Å²) in [6.07, 6.45) is 0. The van der Waals surface area contributed by atoms with E-state index in [2.05, 4.69) is 9.97 Å². The van der Waals surface area contributed by atoms with Crippen LogP contribution in [0.15, 0.2) is 18.2 Å². The summed E-state index contributed by atoms with van der Waals surface area (Å²) in [5.74, 6) is -3.94. The van der Waals surface area contributed by atoms with Crippen molar-refractivity contribution in [1.82, 2.24) is 9.97 Å². The van der Waals surface area contributed by atoms with E-state index in [1.165, 1.54) is 7.11 Å². The van der Waals surface area contributed by atoms with Gasteiger partial charge in [-0.2, -0.15) is 0 Å². The molecule has 0 radical (unpaired) electrons. The Morgan fingerprint density at radius 3 is 2.42 bits per heavy atom. The zero-order chi connectivity index (χ0) is 14.0. The Labute approximate surface area is 112 Å². The summed E-state index contributed by atoms with van der Waals surface area (Å²) in [7, 11) is 1.49. The molecule has 19 heavy (non-hydrogen) atoms. The molecule has 0 aliphatic heterocycles. The largest absolute Gasteiger partial charge is 0.378 e. The molecule has 2 rings (SSSR count). The number of methoxy groups -OCH3 is 1. The molecule has 0 amide bonds. The Bertz CT molecular complexity index is 649. The number of benzene rings is 1. The fourth-order valence-corrected chi connectivity index (χ4v) is 1.80. The van der Waals surface area contributed by atoms with Gasteiger partial charge in [0.15, 0.2) is 17.5 Å². The standard InChI is InChI=1S/C12H9F3N2OS/c1-18-5-7-4-10(19)17-12(16-7)6-2-8(13)11(15)9(14)3-6/h2-4H,5H2,1H3,(H,16,17,19). The molecule has 7 heteroatoms. The van der Waals surface area contributed by atoms with Crippen LogP contribution >= 0.6 is 12.2 Å². The van der Waals surface area contributed by atoms with Gasteiger partial charge in [0.05, 0.1) is 6.61 Å². The van der Waals surface area contributed by atoms with Crippen molar-refractivity contribution < 1.29 is 17.9 Å². The highest BCUT2D eigenvalue weighted by molar-refractivity contribution is 7.71. The molecule has 0 saturated carbocycles. The second kappa shape index (κ2) is 5.50. The van der Waals surface area contributed by atoms with E-state index in [1.807, 2.05) is 0 Å². The molecule has 0 fully saturated rings. The van der Waals surface area contributed by atoms with Gasteiger partial charge < -0.3 is 9.72 Å². The van der Waals surface area contributed by atoms with Crippen LogP contribution in [0.3, 0.4) is 0 Å². The molecule has 0 aliphatic carbocycles. The molecule has 0 atom stereocenters. The molecule has 0 spiro atoms. The highest BCUT2D eigenvalue weighted by Gasteiger charge is 2.13. The number of rotatable bonds is 3. The number of halogens is 3. The van der Waals surface area contributed by atoms with E-state index in [9.17, 15) is 13.2 Å². The molecule has 3 nitrogen and oxygen atoms in total. The van der Waals surface area contributed by atoms with E-state index >= 15 is 0 Å². The van der Waals surface area contributed by atoms with E-state index in [-0.39, 0.29) is 22.6 Å². The van der Waals surface area contributed by atoms with Gasteiger partial charge in [0.1, 0.15) is 10.5 Å². The van der Waals surface area contributed by atoms with Crippen LogP contribution in [-0.2, 0) is 11.3 Å². The highest BCUT2D eigenvalue weighted by atomic mass is 32.1. The van der Waals surface area contributed by atoms with Gasteiger partial charge in [0, 0.05) is 18.4 Å². The topological polar surface area (TPSA) is 37.9 Å². The zero-order valence-electron chi connectivity index (χ0n) is 9.84. The zero-order valence-corrected chi connectivity index (χ0v) is 10.7. The third-order valence-electron chi connectivity index (χ3n) is 2.36. The third kappa shape index (κ3) is 2.99. The molecule has 0 saturated heterocycles. The Kier molecular flexibility index (Phi) is 3.96. The van der Waals surface area contributed by atoms with Gasteiger partial charge in [-0.15, -0.1) is 0 Å². The lowest BCUT2D eigenvalue weighted by Gasteiger charge is -2.06. The molecule has 1 N–H and O–H groups in total. The van der Waals surface area contributed by atoms with Gasteiger partial charge in [-0.3, -0.25) is 0 Å². The van der Waals surface area contributed by atoms with Crippen molar-refractivity contribution in [2.45, 2.75) is 6.61 Å². The van der Waals surface area contributed by atoms with Crippen molar-refractivity contribution in [1.29, 1.82) is 0 Å². The van der Waals surface area contributed by atoms with Gasteiger partial charge in [0.2, 0.25) is 0 Å². The highest BCUT2D eigenvalue weighted by Crippen LogP contribution is 2.21. The summed E-state index contributed by atoms with van der Waals surface area (Å²) in [6, 6.07) is 3.27. The minimum absolute atomic E-state index is 0.0699. The number of aromatic nitrogens is 2. The van der Waals surface area contributed by atoms with Crippen LogP contribution in [0, 0.1) is 22.1 Å². The van der Waals surface area contributed by atoms with Gasteiger partial charge in [0.25, 0.3) is 0 Å². The SMILES string of the molecule is COCc1cc(=S)nc(-c2cc(F)c(F)c(F)c2)[nH]1. The average molecular weight is 286 g/mol. The van der Waals surface area contributed by atoms with Crippen LogP contribution in [0.5, 0.6) is 0 Å². The molecule has 1 heterocycles. The van der Waals surface area contributed by atoms with E-state index < -0.39 is 17.5 Å². The van der Waals surface area contributed by atoms with Crippen LogP contribution in [0.2, 0.25) is 0 Å². The number of nitrogens with zero attached hydrogens (tertiary/aromatic N) is 1. The van der Waals surface area contributed by atoms with Crippen molar-refractivity contribution in [3.63, 3.8) is 0 Å². The normalized spacial score (nSPS) is 10.7. The van der Waals surface area contributed by atoms with Gasteiger partial charge in [-0.25, -0.2) is 18.2 Å². The first-order valence-electron chi connectivity index (χ1n) is 5.25. The lowest BCUT2D eigenvalue weighted by molar-refractivity contribution is 0.181. The van der Waals surface area contributed by atoms with Crippen LogP contribution < -0.4 is 0 Å². The summed E-state index contributed by atoms with van der Waals surface area (Å²) >= 11 is 4.94. The summed E-state index contributed by atoms with van der Waals surface area (Å²) in [5.41, 5.74) is 0.670. The average Bonchev–Trinajstić information content (AvgIpc) is 2.35. The minimum Gasteiger partial charge on any atom is -0.378 e. The third-order valence-corrected chi connectivity index (χ3v) is 2.56. The smallest absolute Gasteiger partial charge is 0.194 e. The monoisotopic (exact) mass is 286 g/mol. The molecule has 0 bridgehead atoms. The number of hydrogen-bond donors (Lipinski definition) is 1. The fourth-order valence-electron chi connectivity index (χ4n) is 1.57. The predicted molar refractivity (Wildman–Crippen MR) is 65.4 cm³/mol. The summed E-state index contributed by atoms with van der Waals surface area (Å²) < 4.78 is 44.4.